The second-order valence-electron chi connectivity index (χ2n) is 9.72. The van der Waals surface area contributed by atoms with Crippen LogP contribution in [0.2, 0.25) is 0 Å². The third-order valence-corrected chi connectivity index (χ3v) is 6.97. The molecule has 32 heavy (non-hydrogen) atoms. The minimum atomic E-state index is -4.92. The highest BCUT2D eigenvalue weighted by atomic mass is 31.2. The third-order valence-electron chi connectivity index (χ3n) is 6.13. The molecule has 1 rings (SSSR count). The minimum absolute atomic E-state index is 0.0808. The van der Waals surface area contributed by atoms with Crippen LogP contribution in [0.1, 0.15) is 97.4 Å². The molecule has 1 aromatic rings. The number of rotatable bonds is 10. The Morgan fingerprint density at radius 2 is 1.06 bits per heavy atom. The van der Waals surface area contributed by atoms with Crippen LogP contribution in [0.4, 0.5) is 0 Å². The van der Waals surface area contributed by atoms with Gasteiger partial charge in [-0.25, -0.2) is 9.13 Å². The summed E-state index contributed by atoms with van der Waals surface area (Å²) in [7, 11) is -9.84. The minimum Gasteiger partial charge on any atom is -0.404 e. The molecule has 0 unspecified atom stereocenters. The molecule has 0 aliphatic rings. The van der Waals surface area contributed by atoms with Gasteiger partial charge in [-0.1, -0.05) is 75.2 Å². The van der Waals surface area contributed by atoms with Crippen LogP contribution in [0, 0.1) is 5.92 Å². The topological polar surface area (TPSA) is 134 Å². The molecule has 0 radical (unpaired) electrons. The van der Waals surface area contributed by atoms with E-state index in [9.17, 15) is 28.7 Å². The van der Waals surface area contributed by atoms with Crippen molar-refractivity contribution in [2.45, 2.75) is 98.8 Å². The number of hydrogen-bond acceptors (Lipinski definition) is 4. The molecule has 1 aromatic carbocycles. The monoisotopic (exact) mass is 494 g/mol. The first-order valence-electron chi connectivity index (χ1n) is 11.1. The molecule has 8 nitrogen and oxygen atoms in total. The number of benzene rings is 1. The smallest absolute Gasteiger partial charge is 0.404 e. The fourth-order valence-corrected chi connectivity index (χ4v) is 5.78. The van der Waals surface area contributed by atoms with Gasteiger partial charge in [-0.3, -0.25) is 19.6 Å². The van der Waals surface area contributed by atoms with Gasteiger partial charge in [0.2, 0.25) is 0 Å². The number of phosphoric acid groups is 2. The molecule has 186 valence electrons. The fourth-order valence-electron chi connectivity index (χ4n) is 4.91. The predicted octanol–water partition coefficient (Wildman–Crippen LogP) is 5.77. The van der Waals surface area contributed by atoms with Crippen molar-refractivity contribution in [1.82, 2.24) is 0 Å². The lowest BCUT2D eigenvalue weighted by molar-refractivity contribution is 0.259. The van der Waals surface area contributed by atoms with Crippen LogP contribution in [0.5, 0.6) is 11.5 Å². The van der Waals surface area contributed by atoms with Crippen LogP contribution in [0.15, 0.2) is 0 Å². The molecule has 0 heterocycles. The van der Waals surface area contributed by atoms with E-state index in [2.05, 4.69) is 0 Å². The molecule has 0 aromatic heterocycles. The van der Waals surface area contributed by atoms with Crippen LogP contribution in [0.25, 0.3) is 0 Å². The summed E-state index contributed by atoms with van der Waals surface area (Å²) in [5, 5.41) is 0. The summed E-state index contributed by atoms with van der Waals surface area (Å²) in [5.41, 5.74) is 0.723. The first-order valence-corrected chi connectivity index (χ1v) is 14.1. The Bertz CT molecular complexity index is 902. The van der Waals surface area contributed by atoms with E-state index < -0.39 is 26.5 Å². The van der Waals surface area contributed by atoms with Gasteiger partial charge in [0.1, 0.15) is 11.5 Å². The van der Waals surface area contributed by atoms with Crippen molar-refractivity contribution in [3.05, 3.63) is 22.3 Å². The first kappa shape index (κ1) is 29.2. The molecule has 4 N–H and O–H groups in total. The summed E-state index contributed by atoms with van der Waals surface area (Å²) >= 11 is 0. The second-order valence-corrected chi connectivity index (χ2v) is 12.0. The average molecular weight is 495 g/mol. The van der Waals surface area contributed by atoms with Crippen LogP contribution in [-0.4, -0.2) is 19.6 Å². The van der Waals surface area contributed by atoms with Gasteiger partial charge in [-0.2, -0.15) is 0 Å². The zero-order chi connectivity index (χ0) is 25.3. The van der Waals surface area contributed by atoms with Crippen molar-refractivity contribution in [1.29, 1.82) is 0 Å². The van der Waals surface area contributed by atoms with Crippen LogP contribution in [0.3, 0.4) is 0 Å². The third kappa shape index (κ3) is 6.59. The van der Waals surface area contributed by atoms with Gasteiger partial charge in [-0.05, 0) is 29.6 Å². The zero-order valence-electron chi connectivity index (χ0n) is 20.7. The van der Waals surface area contributed by atoms with Gasteiger partial charge in [0.15, 0.2) is 0 Å². The molecular weight excluding hydrogens is 454 g/mol. The van der Waals surface area contributed by atoms with E-state index in [1.54, 1.807) is 0 Å². The molecule has 10 heteroatoms. The maximum Gasteiger partial charge on any atom is 0.524 e. The second kappa shape index (κ2) is 10.2. The van der Waals surface area contributed by atoms with E-state index in [-0.39, 0.29) is 17.4 Å². The van der Waals surface area contributed by atoms with Crippen LogP contribution in [-0.2, 0) is 32.8 Å². The lowest BCUT2D eigenvalue weighted by atomic mass is 9.66. The van der Waals surface area contributed by atoms with E-state index in [1.165, 1.54) is 0 Å². The van der Waals surface area contributed by atoms with Gasteiger partial charge in [-0.15, -0.1) is 0 Å². The normalized spacial score (nSPS) is 13.6. The summed E-state index contributed by atoms with van der Waals surface area (Å²) in [6, 6.07) is 0. The van der Waals surface area contributed by atoms with E-state index in [0.717, 1.165) is 12.8 Å². The van der Waals surface area contributed by atoms with Crippen molar-refractivity contribution < 1.29 is 37.8 Å². The zero-order valence-corrected chi connectivity index (χ0v) is 22.5. The van der Waals surface area contributed by atoms with Crippen LogP contribution < -0.4 is 9.05 Å². The summed E-state index contributed by atoms with van der Waals surface area (Å²) in [6.45, 7) is 17.3. The van der Waals surface area contributed by atoms with Gasteiger partial charge < -0.3 is 9.05 Å². The summed E-state index contributed by atoms with van der Waals surface area (Å²) in [5.74, 6) is 0.301. The highest BCUT2D eigenvalue weighted by Gasteiger charge is 2.41. The van der Waals surface area contributed by atoms with Gasteiger partial charge in [0.25, 0.3) is 0 Å². The van der Waals surface area contributed by atoms with Crippen molar-refractivity contribution in [2.75, 3.05) is 0 Å². The lowest BCUT2D eigenvalue weighted by Gasteiger charge is -2.40. The lowest BCUT2D eigenvalue weighted by Crippen LogP contribution is -2.31. The largest absolute Gasteiger partial charge is 0.524 e. The fraction of sp³-hybridized carbons (Fsp3) is 0.727. The van der Waals surface area contributed by atoms with Crippen LogP contribution >= 0.6 is 15.6 Å². The molecule has 0 saturated heterocycles. The van der Waals surface area contributed by atoms with Crippen molar-refractivity contribution in [3.63, 3.8) is 0 Å². The first-order chi connectivity index (χ1) is 14.4. The molecule has 0 amide bonds. The quantitative estimate of drug-likeness (QED) is 0.302. The molecule has 0 aliphatic heterocycles. The standard InChI is InChI=1S/C22H40O8P2/c1-10-14(11-2)22(8,9)18-16(13-4)19(29-31(23,24)25)17(21(5,6)7)15(12-3)20(18)30-32(26,27)28/h14H,10-13H2,1-9H3,(H2,23,24,25)(H2,26,27,28). The average Bonchev–Trinajstić information content (AvgIpc) is 2.58. The maximum atomic E-state index is 12.0. The highest BCUT2D eigenvalue weighted by molar-refractivity contribution is 7.47. The van der Waals surface area contributed by atoms with Crippen molar-refractivity contribution in [2.24, 2.45) is 5.92 Å². The Morgan fingerprint density at radius 1 is 0.719 bits per heavy atom. The SMILES string of the molecule is CCc1c(OP(=O)(O)O)c(C(C)(C)C(CC)CC)c(CC)c(OP(=O)(O)O)c1C(C)(C)C. The molecule has 0 atom stereocenters. The van der Waals surface area contributed by atoms with E-state index in [1.807, 2.05) is 62.3 Å². The molecule has 0 spiro atoms. The highest BCUT2D eigenvalue weighted by Crippen LogP contribution is 2.56. The summed E-state index contributed by atoms with van der Waals surface area (Å²) < 4.78 is 34.7. The van der Waals surface area contributed by atoms with E-state index in [0.29, 0.717) is 35.1 Å². The van der Waals surface area contributed by atoms with E-state index >= 15 is 0 Å². The Hall–Kier alpha value is -0.880. The molecule has 0 saturated carbocycles. The number of hydrogen-bond donors (Lipinski definition) is 4. The Balaban J connectivity index is 4.42. The number of phosphoric ester groups is 2. The maximum absolute atomic E-state index is 12.0. The van der Waals surface area contributed by atoms with Crippen molar-refractivity contribution >= 4 is 15.6 Å². The van der Waals surface area contributed by atoms with E-state index in [4.69, 9.17) is 9.05 Å². The molecule has 0 aliphatic carbocycles. The predicted molar refractivity (Wildman–Crippen MR) is 126 cm³/mol. The Kier molecular flexibility index (Phi) is 9.26. The molecular formula is C22H40O8P2. The van der Waals surface area contributed by atoms with Crippen molar-refractivity contribution in [3.8, 4) is 11.5 Å². The van der Waals surface area contributed by atoms with Gasteiger partial charge in [0, 0.05) is 22.3 Å². The summed E-state index contributed by atoms with van der Waals surface area (Å²) in [4.78, 5) is 39.0. The van der Waals surface area contributed by atoms with Gasteiger partial charge >= 0.3 is 15.6 Å². The summed E-state index contributed by atoms with van der Waals surface area (Å²) in [6.07, 6.45) is 2.27. The Labute approximate surface area is 192 Å². The van der Waals surface area contributed by atoms with Gasteiger partial charge in [0.05, 0.1) is 0 Å². The Morgan fingerprint density at radius 3 is 1.34 bits per heavy atom. The molecule has 0 bridgehead atoms. The molecule has 0 fully saturated rings.